The maximum absolute atomic E-state index is 12.6. The number of carbonyl (C=O) groups excluding carboxylic acids is 1. The van der Waals surface area contributed by atoms with Gasteiger partial charge < -0.3 is 25.1 Å². The third-order valence-corrected chi connectivity index (χ3v) is 6.03. The first kappa shape index (κ1) is 18.8. The Hall–Kier alpha value is -2.02. The molecule has 1 aromatic heterocycles. The summed E-state index contributed by atoms with van der Waals surface area (Å²) in [5.41, 5.74) is -0.743. The van der Waals surface area contributed by atoms with Crippen LogP contribution in [0.5, 0.6) is 0 Å². The van der Waals surface area contributed by atoms with Crippen molar-refractivity contribution in [2.24, 2.45) is 11.3 Å². The summed E-state index contributed by atoms with van der Waals surface area (Å²) in [6, 6.07) is 3.72. The average molecular weight is 363 g/mol. The van der Waals surface area contributed by atoms with E-state index in [1.165, 1.54) is 0 Å². The first-order valence-electron chi connectivity index (χ1n) is 9.52. The van der Waals surface area contributed by atoms with Crippen LogP contribution in [-0.2, 0) is 4.79 Å². The van der Waals surface area contributed by atoms with Crippen LogP contribution in [0.4, 0.5) is 4.79 Å². The standard InChI is InChI=1S/C19H29N3O4/c1-3-13(2)21-15(16-7-5-9-26-16)10-20-18(25)22-11-14-6-4-8-19(14,12-22)17(23)24/h5,7,9,13-15,21H,3-4,6,8,10-12H2,1-2H3,(H,20,25)(H,23,24)/t13?,14-,15?,19+/m0/s1. The molecule has 2 fully saturated rings. The second-order valence-electron chi connectivity index (χ2n) is 7.66. The normalized spacial score (nSPS) is 27.2. The lowest BCUT2D eigenvalue weighted by Gasteiger charge is -2.25. The Morgan fingerprint density at radius 2 is 2.31 bits per heavy atom. The minimum atomic E-state index is -0.762. The molecular formula is C19H29N3O4. The van der Waals surface area contributed by atoms with Crippen molar-refractivity contribution in [3.8, 4) is 0 Å². The highest BCUT2D eigenvalue weighted by atomic mass is 16.4. The molecule has 1 aromatic rings. The molecule has 144 valence electrons. The smallest absolute Gasteiger partial charge is 0.317 e. The molecule has 4 atom stereocenters. The fourth-order valence-electron chi connectivity index (χ4n) is 4.29. The van der Waals surface area contributed by atoms with Crippen LogP contribution >= 0.6 is 0 Å². The number of carboxylic acids is 1. The molecule has 0 bridgehead atoms. The van der Waals surface area contributed by atoms with Gasteiger partial charge in [0.2, 0.25) is 0 Å². The van der Waals surface area contributed by atoms with Gasteiger partial charge in [-0.1, -0.05) is 13.3 Å². The molecule has 2 amide bonds. The van der Waals surface area contributed by atoms with E-state index in [2.05, 4.69) is 24.5 Å². The lowest BCUT2D eigenvalue weighted by molar-refractivity contribution is -0.149. The van der Waals surface area contributed by atoms with Crippen LogP contribution in [-0.4, -0.2) is 47.7 Å². The molecule has 26 heavy (non-hydrogen) atoms. The maximum atomic E-state index is 12.6. The summed E-state index contributed by atoms with van der Waals surface area (Å²) in [4.78, 5) is 26.1. The first-order valence-corrected chi connectivity index (χ1v) is 9.52. The second kappa shape index (κ2) is 7.70. The van der Waals surface area contributed by atoms with Gasteiger partial charge in [0.25, 0.3) is 0 Å². The molecule has 2 heterocycles. The van der Waals surface area contributed by atoms with Crippen LogP contribution < -0.4 is 10.6 Å². The predicted octanol–water partition coefficient (Wildman–Crippen LogP) is 2.61. The van der Waals surface area contributed by atoms with Crippen molar-refractivity contribution in [2.75, 3.05) is 19.6 Å². The number of rotatable bonds is 7. The molecule has 0 radical (unpaired) electrons. The number of furan rings is 1. The van der Waals surface area contributed by atoms with Gasteiger partial charge >= 0.3 is 12.0 Å². The van der Waals surface area contributed by atoms with Crippen molar-refractivity contribution in [1.29, 1.82) is 0 Å². The number of nitrogens with zero attached hydrogens (tertiary/aromatic N) is 1. The average Bonchev–Trinajstić information content (AvgIpc) is 3.32. The molecule has 1 aliphatic carbocycles. The number of carbonyl (C=O) groups is 2. The highest BCUT2D eigenvalue weighted by Crippen LogP contribution is 2.48. The zero-order chi connectivity index (χ0) is 18.7. The number of nitrogens with one attached hydrogen (secondary N) is 2. The molecule has 0 spiro atoms. The third-order valence-electron chi connectivity index (χ3n) is 6.03. The van der Waals surface area contributed by atoms with Gasteiger partial charge in [0, 0.05) is 25.7 Å². The fraction of sp³-hybridized carbons (Fsp3) is 0.684. The van der Waals surface area contributed by atoms with Crippen molar-refractivity contribution < 1.29 is 19.1 Å². The monoisotopic (exact) mass is 363 g/mol. The van der Waals surface area contributed by atoms with E-state index in [1.807, 2.05) is 12.1 Å². The van der Waals surface area contributed by atoms with Gasteiger partial charge in [-0.3, -0.25) is 4.79 Å². The van der Waals surface area contributed by atoms with E-state index in [-0.39, 0.29) is 18.0 Å². The molecule has 7 heteroatoms. The van der Waals surface area contributed by atoms with Crippen molar-refractivity contribution in [3.05, 3.63) is 24.2 Å². The lowest BCUT2D eigenvalue weighted by atomic mass is 9.81. The quantitative estimate of drug-likeness (QED) is 0.692. The second-order valence-corrected chi connectivity index (χ2v) is 7.66. The van der Waals surface area contributed by atoms with Crippen molar-refractivity contribution in [2.45, 2.75) is 51.6 Å². The molecule has 0 aromatic carbocycles. The van der Waals surface area contributed by atoms with Gasteiger partial charge in [-0.05, 0) is 44.2 Å². The Morgan fingerprint density at radius 3 is 2.92 bits per heavy atom. The van der Waals surface area contributed by atoms with Crippen LogP contribution in [0.1, 0.15) is 51.3 Å². The summed E-state index contributed by atoms with van der Waals surface area (Å²) in [5, 5.41) is 16.1. The summed E-state index contributed by atoms with van der Waals surface area (Å²) in [7, 11) is 0. The zero-order valence-electron chi connectivity index (χ0n) is 15.5. The van der Waals surface area contributed by atoms with Gasteiger partial charge in [-0.25, -0.2) is 4.79 Å². The summed E-state index contributed by atoms with van der Waals surface area (Å²) < 4.78 is 5.50. The van der Waals surface area contributed by atoms with Gasteiger partial charge in [0.15, 0.2) is 0 Å². The Labute approximate surface area is 154 Å². The number of amides is 2. The van der Waals surface area contributed by atoms with Gasteiger partial charge in [0.1, 0.15) is 5.76 Å². The first-order chi connectivity index (χ1) is 12.5. The molecule has 1 aliphatic heterocycles. The summed E-state index contributed by atoms with van der Waals surface area (Å²) >= 11 is 0. The molecule has 2 aliphatic rings. The number of carboxylic acid groups (broad SMARTS) is 1. The predicted molar refractivity (Wildman–Crippen MR) is 96.7 cm³/mol. The molecular weight excluding hydrogens is 334 g/mol. The van der Waals surface area contributed by atoms with Crippen LogP contribution in [0.25, 0.3) is 0 Å². The maximum Gasteiger partial charge on any atom is 0.317 e. The largest absolute Gasteiger partial charge is 0.481 e. The number of fused-ring (bicyclic) bond motifs is 1. The van der Waals surface area contributed by atoms with Crippen LogP contribution in [0.15, 0.2) is 22.8 Å². The number of hydrogen-bond acceptors (Lipinski definition) is 4. The molecule has 2 unspecified atom stereocenters. The minimum absolute atomic E-state index is 0.0739. The lowest BCUT2D eigenvalue weighted by Crippen LogP contribution is -2.45. The van der Waals surface area contributed by atoms with E-state index in [0.29, 0.717) is 32.1 Å². The molecule has 3 N–H and O–H groups in total. The van der Waals surface area contributed by atoms with E-state index >= 15 is 0 Å². The topological polar surface area (TPSA) is 94.8 Å². The molecule has 3 rings (SSSR count). The zero-order valence-corrected chi connectivity index (χ0v) is 15.5. The van der Waals surface area contributed by atoms with Crippen LogP contribution in [0.3, 0.4) is 0 Å². The van der Waals surface area contributed by atoms with Gasteiger partial charge in [0.05, 0.1) is 17.7 Å². The van der Waals surface area contributed by atoms with E-state index in [4.69, 9.17) is 4.42 Å². The molecule has 1 saturated carbocycles. The summed E-state index contributed by atoms with van der Waals surface area (Å²) in [5.74, 6) is 0.0953. The Balaban J connectivity index is 1.60. The van der Waals surface area contributed by atoms with Crippen LogP contribution in [0.2, 0.25) is 0 Å². The Bertz CT molecular complexity index is 633. The number of likely N-dealkylation sites (tertiary alicyclic amines) is 1. The van der Waals surface area contributed by atoms with Crippen molar-refractivity contribution >= 4 is 12.0 Å². The van der Waals surface area contributed by atoms with E-state index in [9.17, 15) is 14.7 Å². The van der Waals surface area contributed by atoms with Crippen molar-refractivity contribution in [1.82, 2.24) is 15.5 Å². The minimum Gasteiger partial charge on any atom is -0.481 e. The highest BCUT2D eigenvalue weighted by molar-refractivity contribution is 5.80. The number of aliphatic carboxylic acids is 1. The Morgan fingerprint density at radius 1 is 1.50 bits per heavy atom. The SMILES string of the molecule is CCC(C)NC(CNC(=O)N1C[C@@H]2CCC[C@@]2(C(=O)O)C1)c1ccco1. The Kier molecular flexibility index (Phi) is 5.55. The van der Waals surface area contributed by atoms with Crippen LogP contribution in [0, 0.1) is 11.3 Å². The molecule has 1 saturated heterocycles. The van der Waals surface area contributed by atoms with E-state index in [0.717, 1.165) is 25.0 Å². The summed E-state index contributed by atoms with van der Waals surface area (Å²) in [6.45, 7) is 5.43. The summed E-state index contributed by atoms with van der Waals surface area (Å²) in [6.07, 6.45) is 5.09. The van der Waals surface area contributed by atoms with Gasteiger partial charge in [-0.2, -0.15) is 0 Å². The molecule has 7 nitrogen and oxygen atoms in total. The van der Waals surface area contributed by atoms with Crippen molar-refractivity contribution in [3.63, 3.8) is 0 Å². The van der Waals surface area contributed by atoms with E-state index < -0.39 is 11.4 Å². The van der Waals surface area contributed by atoms with E-state index in [1.54, 1.807) is 11.2 Å². The van der Waals surface area contributed by atoms with Gasteiger partial charge in [-0.15, -0.1) is 0 Å². The number of urea groups is 1. The highest BCUT2D eigenvalue weighted by Gasteiger charge is 2.55. The number of hydrogen-bond donors (Lipinski definition) is 3. The third kappa shape index (κ3) is 3.58. The fourth-order valence-corrected chi connectivity index (χ4v) is 4.29.